The number of pyridine rings is 2. The van der Waals surface area contributed by atoms with Gasteiger partial charge in [-0.3, -0.25) is 9.20 Å². The summed E-state index contributed by atoms with van der Waals surface area (Å²) in [7, 11) is 0. The molecule has 0 radical (unpaired) electrons. The van der Waals surface area contributed by atoms with Crippen molar-refractivity contribution in [1.82, 2.24) is 4.40 Å². The van der Waals surface area contributed by atoms with Crippen LogP contribution in [0, 0.1) is 0 Å². The van der Waals surface area contributed by atoms with Crippen molar-refractivity contribution in [2.75, 3.05) is 0 Å². The van der Waals surface area contributed by atoms with E-state index in [0.717, 1.165) is 16.7 Å². The molecule has 0 fully saturated rings. The van der Waals surface area contributed by atoms with Crippen LogP contribution in [0.4, 0.5) is 0 Å². The molecule has 0 spiro atoms. The second kappa shape index (κ2) is 6.33. The predicted octanol–water partition coefficient (Wildman–Crippen LogP) is 4.33. The summed E-state index contributed by atoms with van der Waals surface area (Å²) >= 11 is 0. The maximum Gasteiger partial charge on any atom is 0.341 e. The number of benzene rings is 2. The van der Waals surface area contributed by atoms with Crippen molar-refractivity contribution in [3.63, 3.8) is 0 Å². The molecule has 0 aliphatic carbocycles. The van der Waals surface area contributed by atoms with E-state index in [-0.39, 0.29) is 5.56 Å². The maximum atomic E-state index is 12.4. The van der Waals surface area contributed by atoms with Crippen LogP contribution in [0.3, 0.4) is 0 Å². The molecule has 126 valence electrons. The molecule has 2 aromatic carbocycles. The van der Waals surface area contributed by atoms with Gasteiger partial charge < -0.3 is 5.11 Å². The molecule has 4 aromatic rings. The molecule has 1 N–H and O–H groups in total. The number of rotatable bonds is 3. The van der Waals surface area contributed by atoms with Crippen LogP contribution >= 0.6 is 0 Å². The molecule has 0 unspecified atom stereocenters. The quantitative estimate of drug-likeness (QED) is 0.603. The summed E-state index contributed by atoms with van der Waals surface area (Å²) in [5.74, 6) is -1.23. The van der Waals surface area contributed by atoms with E-state index in [4.69, 9.17) is 0 Å². The second-order valence-electron chi connectivity index (χ2n) is 5.98. The first kappa shape index (κ1) is 15.8. The van der Waals surface area contributed by atoms with Crippen LogP contribution in [-0.4, -0.2) is 15.5 Å². The highest BCUT2D eigenvalue weighted by Gasteiger charge is 2.15. The van der Waals surface area contributed by atoms with E-state index in [1.807, 2.05) is 66.7 Å². The minimum Gasteiger partial charge on any atom is -0.477 e. The number of carboxylic acid groups (broad SMARTS) is 1. The highest BCUT2D eigenvalue weighted by atomic mass is 16.4. The topological polar surface area (TPSA) is 58.8 Å². The third kappa shape index (κ3) is 2.67. The zero-order valence-corrected chi connectivity index (χ0v) is 13.8. The van der Waals surface area contributed by atoms with Crippen molar-refractivity contribution in [2.45, 2.75) is 0 Å². The fraction of sp³-hybridized carbons (Fsp3) is 0. The SMILES string of the molecule is O=C(O)c1cc(-c2ccc(-c3ccccc3)cc2)c2ccccn2c1=O. The molecule has 0 aliphatic rings. The molecule has 4 heteroatoms. The summed E-state index contributed by atoms with van der Waals surface area (Å²) < 4.78 is 1.38. The van der Waals surface area contributed by atoms with E-state index < -0.39 is 11.5 Å². The van der Waals surface area contributed by atoms with Gasteiger partial charge in [0.05, 0.1) is 5.52 Å². The Labute approximate surface area is 149 Å². The van der Waals surface area contributed by atoms with Crippen molar-refractivity contribution in [3.8, 4) is 22.3 Å². The third-order valence-electron chi connectivity index (χ3n) is 4.41. The van der Waals surface area contributed by atoms with E-state index in [2.05, 4.69) is 0 Å². The molecule has 0 saturated heterocycles. The van der Waals surface area contributed by atoms with Gasteiger partial charge >= 0.3 is 5.97 Å². The van der Waals surface area contributed by atoms with Gasteiger partial charge in [0.1, 0.15) is 5.56 Å². The van der Waals surface area contributed by atoms with E-state index in [9.17, 15) is 14.7 Å². The van der Waals surface area contributed by atoms with Crippen molar-refractivity contribution in [3.05, 3.63) is 101 Å². The number of fused-ring (bicyclic) bond motifs is 1. The van der Waals surface area contributed by atoms with Crippen molar-refractivity contribution in [1.29, 1.82) is 0 Å². The Hall–Kier alpha value is -3.66. The van der Waals surface area contributed by atoms with Gasteiger partial charge in [-0.1, -0.05) is 60.7 Å². The van der Waals surface area contributed by atoms with Gasteiger partial charge in [0.25, 0.3) is 5.56 Å². The molecule has 2 aromatic heterocycles. The summed E-state index contributed by atoms with van der Waals surface area (Å²) in [5.41, 5.74) is 3.66. The Morgan fingerprint density at radius 1 is 0.769 bits per heavy atom. The van der Waals surface area contributed by atoms with E-state index in [1.165, 1.54) is 10.5 Å². The van der Waals surface area contributed by atoms with Crippen LogP contribution in [-0.2, 0) is 0 Å². The number of hydrogen-bond acceptors (Lipinski definition) is 2. The van der Waals surface area contributed by atoms with Crippen molar-refractivity contribution in [2.24, 2.45) is 0 Å². The lowest BCUT2D eigenvalue weighted by molar-refractivity contribution is 0.0695. The van der Waals surface area contributed by atoms with Gasteiger partial charge in [-0.15, -0.1) is 0 Å². The van der Waals surface area contributed by atoms with Crippen molar-refractivity contribution >= 4 is 11.5 Å². The summed E-state index contributed by atoms with van der Waals surface area (Å²) in [4.78, 5) is 23.8. The minimum absolute atomic E-state index is 0.240. The fourth-order valence-corrected chi connectivity index (χ4v) is 3.11. The lowest BCUT2D eigenvalue weighted by Crippen LogP contribution is -2.22. The van der Waals surface area contributed by atoms with Gasteiger partial charge in [-0.25, -0.2) is 4.79 Å². The van der Waals surface area contributed by atoms with Crippen molar-refractivity contribution < 1.29 is 9.90 Å². The fourth-order valence-electron chi connectivity index (χ4n) is 3.11. The van der Waals surface area contributed by atoms with Gasteiger partial charge in [-0.2, -0.15) is 0 Å². The molecule has 0 bridgehead atoms. The number of aromatic carboxylic acids is 1. The largest absolute Gasteiger partial charge is 0.477 e. The van der Waals surface area contributed by atoms with Gasteiger partial charge in [0.2, 0.25) is 0 Å². The first-order valence-electron chi connectivity index (χ1n) is 8.19. The van der Waals surface area contributed by atoms with Gasteiger partial charge in [0, 0.05) is 11.8 Å². The highest BCUT2D eigenvalue weighted by molar-refractivity contribution is 5.92. The average Bonchev–Trinajstić information content (AvgIpc) is 2.69. The van der Waals surface area contributed by atoms with Gasteiger partial charge in [0.15, 0.2) is 0 Å². The normalized spacial score (nSPS) is 10.8. The Balaban J connectivity index is 1.90. The maximum absolute atomic E-state index is 12.4. The zero-order chi connectivity index (χ0) is 18.1. The summed E-state index contributed by atoms with van der Waals surface area (Å²) in [6.45, 7) is 0. The molecular weight excluding hydrogens is 326 g/mol. The summed E-state index contributed by atoms with van der Waals surface area (Å²) in [6, 6.07) is 24.7. The number of nitrogens with zero attached hydrogens (tertiary/aromatic N) is 1. The zero-order valence-electron chi connectivity index (χ0n) is 13.8. The predicted molar refractivity (Wildman–Crippen MR) is 101 cm³/mol. The third-order valence-corrected chi connectivity index (χ3v) is 4.41. The second-order valence-corrected chi connectivity index (χ2v) is 5.98. The monoisotopic (exact) mass is 341 g/mol. The summed E-state index contributed by atoms with van der Waals surface area (Å²) in [6.07, 6.45) is 1.59. The van der Waals surface area contributed by atoms with E-state index in [1.54, 1.807) is 12.3 Å². The molecule has 0 atom stereocenters. The van der Waals surface area contributed by atoms with Crippen LogP contribution in [0.15, 0.2) is 89.9 Å². The lowest BCUT2D eigenvalue weighted by Gasteiger charge is -2.10. The van der Waals surface area contributed by atoms with Crippen LogP contribution in [0.2, 0.25) is 0 Å². The van der Waals surface area contributed by atoms with Crippen LogP contribution in [0.25, 0.3) is 27.8 Å². The van der Waals surface area contributed by atoms with E-state index in [0.29, 0.717) is 11.1 Å². The molecular formula is C22H15NO3. The number of carboxylic acids is 1. The van der Waals surface area contributed by atoms with E-state index >= 15 is 0 Å². The molecule has 4 rings (SSSR count). The molecule has 26 heavy (non-hydrogen) atoms. The Morgan fingerprint density at radius 3 is 2.08 bits per heavy atom. The van der Waals surface area contributed by atoms with Crippen LogP contribution < -0.4 is 5.56 Å². The first-order valence-corrected chi connectivity index (χ1v) is 8.19. The van der Waals surface area contributed by atoms with Crippen LogP contribution in [0.5, 0.6) is 0 Å². The highest BCUT2D eigenvalue weighted by Crippen LogP contribution is 2.27. The average molecular weight is 341 g/mol. The lowest BCUT2D eigenvalue weighted by atomic mass is 9.99. The smallest absolute Gasteiger partial charge is 0.341 e. The molecule has 4 nitrogen and oxygen atoms in total. The standard InChI is InChI=1S/C22H15NO3/c24-21-19(22(25)26)14-18(20-8-4-5-13-23(20)21)17-11-9-16(10-12-17)15-6-2-1-3-7-15/h1-14H,(H,25,26). The van der Waals surface area contributed by atoms with Gasteiger partial charge in [-0.05, 0) is 34.9 Å². The molecule has 0 amide bonds. The molecule has 0 saturated carbocycles. The number of aromatic nitrogens is 1. The van der Waals surface area contributed by atoms with Crippen LogP contribution in [0.1, 0.15) is 10.4 Å². The Bertz CT molecular complexity index is 1160. The molecule has 2 heterocycles. The Kier molecular flexibility index (Phi) is 3.86. The number of hydrogen-bond donors (Lipinski definition) is 1. The number of carbonyl (C=O) groups is 1. The summed E-state index contributed by atoms with van der Waals surface area (Å²) in [5, 5.41) is 9.38. The Morgan fingerprint density at radius 2 is 1.38 bits per heavy atom. The minimum atomic E-state index is -1.23. The first-order chi connectivity index (χ1) is 12.6. The molecule has 0 aliphatic heterocycles.